The van der Waals surface area contributed by atoms with Gasteiger partial charge < -0.3 is 10.6 Å². The van der Waals surface area contributed by atoms with Crippen molar-refractivity contribution in [1.29, 1.82) is 0 Å². The van der Waals surface area contributed by atoms with Crippen molar-refractivity contribution in [3.8, 4) is 16.9 Å². The van der Waals surface area contributed by atoms with Crippen LogP contribution in [-0.4, -0.2) is 39.2 Å². The number of hydrogen-bond acceptors (Lipinski definition) is 4. The molecule has 2 heterocycles. The fourth-order valence-electron chi connectivity index (χ4n) is 2.71. The standard InChI is InChI=1S/C21H23N5O2/c1-3-11-23-20(27)15(2)24-21(28)18-14-26(17-9-5-4-6-10-17)25-19(18)16-8-7-12-22-13-16/h4-10,12-15H,3,11H2,1-2H3,(H,23,27)(H,24,28)/t15-/m0/s1. The minimum atomic E-state index is -0.652. The Bertz CT molecular complexity index is 938. The minimum Gasteiger partial charge on any atom is -0.354 e. The van der Waals surface area contributed by atoms with Gasteiger partial charge in [-0.1, -0.05) is 25.1 Å². The van der Waals surface area contributed by atoms with Crippen LogP contribution in [0.2, 0.25) is 0 Å². The molecule has 0 aliphatic heterocycles. The Morgan fingerprint density at radius 1 is 1.14 bits per heavy atom. The van der Waals surface area contributed by atoms with Crippen LogP contribution in [0.25, 0.3) is 16.9 Å². The van der Waals surface area contributed by atoms with Crippen LogP contribution in [0, 0.1) is 0 Å². The molecule has 2 aromatic heterocycles. The fraction of sp³-hybridized carbons (Fsp3) is 0.238. The molecule has 0 aliphatic carbocycles. The van der Waals surface area contributed by atoms with Gasteiger partial charge in [-0.2, -0.15) is 5.10 Å². The fourth-order valence-corrected chi connectivity index (χ4v) is 2.71. The second-order valence-corrected chi connectivity index (χ2v) is 6.40. The summed E-state index contributed by atoms with van der Waals surface area (Å²) in [5.41, 5.74) is 2.45. The molecule has 2 amide bonds. The van der Waals surface area contributed by atoms with E-state index in [2.05, 4.69) is 20.7 Å². The largest absolute Gasteiger partial charge is 0.354 e. The van der Waals surface area contributed by atoms with E-state index in [0.717, 1.165) is 17.7 Å². The molecule has 0 unspecified atom stereocenters. The maximum absolute atomic E-state index is 12.9. The number of pyridine rings is 1. The first kappa shape index (κ1) is 19.3. The van der Waals surface area contributed by atoms with E-state index in [1.807, 2.05) is 43.3 Å². The Morgan fingerprint density at radius 2 is 1.93 bits per heavy atom. The minimum absolute atomic E-state index is 0.214. The molecule has 7 nitrogen and oxygen atoms in total. The van der Waals surface area contributed by atoms with Gasteiger partial charge in [0.15, 0.2) is 0 Å². The summed E-state index contributed by atoms with van der Waals surface area (Å²) in [5, 5.41) is 10.1. The number of para-hydroxylation sites is 1. The molecule has 0 bridgehead atoms. The van der Waals surface area contributed by atoms with Crippen LogP contribution in [0.5, 0.6) is 0 Å². The third-order valence-corrected chi connectivity index (χ3v) is 4.20. The summed E-state index contributed by atoms with van der Waals surface area (Å²) in [6.45, 7) is 4.21. The topological polar surface area (TPSA) is 88.9 Å². The Kier molecular flexibility index (Phi) is 6.16. The highest BCUT2D eigenvalue weighted by Crippen LogP contribution is 2.23. The highest BCUT2D eigenvalue weighted by atomic mass is 16.2. The SMILES string of the molecule is CCCNC(=O)[C@H](C)NC(=O)c1cn(-c2ccccc2)nc1-c1cccnc1. The van der Waals surface area contributed by atoms with Gasteiger partial charge in [0, 0.05) is 30.7 Å². The number of rotatable bonds is 7. The smallest absolute Gasteiger partial charge is 0.255 e. The first-order valence-electron chi connectivity index (χ1n) is 9.24. The molecule has 7 heteroatoms. The number of carbonyl (C=O) groups is 2. The van der Waals surface area contributed by atoms with Crippen molar-refractivity contribution in [2.75, 3.05) is 6.54 Å². The molecule has 0 spiro atoms. The maximum Gasteiger partial charge on any atom is 0.255 e. The molecule has 0 saturated heterocycles. The summed E-state index contributed by atoms with van der Waals surface area (Å²) < 4.78 is 1.65. The van der Waals surface area contributed by atoms with Crippen molar-refractivity contribution in [2.45, 2.75) is 26.3 Å². The highest BCUT2D eigenvalue weighted by molar-refractivity contribution is 6.01. The van der Waals surface area contributed by atoms with Crippen LogP contribution in [0.4, 0.5) is 0 Å². The Balaban J connectivity index is 1.91. The van der Waals surface area contributed by atoms with Gasteiger partial charge >= 0.3 is 0 Å². The number of hydrogen-bond donors (Lipinski definition) is 2. The molecule has 0 aliphatic rings. The van der Waals surface area contributed by atoms with Crippen LogP contribution >= 0.6 is 0 Å². The van der Waals surface area contributed by atoms with Gasteiger partial charge in [0.2, 0.25) is 5.91 Å². The van der Waals surface area contributed by atoms with E-state index in [0.29, 0.717) is 17.8 Å². The van der Waals surface area contributed by atoms with Gasteiger partial charge in [-0.3, -0.25) is 14.6 Å². The summed E-state index contributed by atoms with van der Waals surface area (Å²) in [6, 6.07) is 12.5. The molecule has 1 aromatic carbocycles. The molecule has 2 N–H and O–H groups in total. The van der Waals surface area contributed by atoms with E-state index in [9.17, 15) is 9.59 Å². The zero-order valence-corrected chi connectivity index (χ0v) is 15.9. The van der Waals surface area contributed by atoms with Gasteiger partial charge in [0.1, 0.15) is 11.7 Å². The molecule has 1 atom stereocenters. The summed E-state index contributed by atoms with van der Waals surface area (Å²) in [7, 11) is 0. The molecule has 0 fully saturated rings. The zero-order chi connectivity index (χ0) is 19.9. The van der Waals surface area contributed by atoms with Gasteiger partial charge in [0.05, 0.1) is 11.3 Å². The van der Waals surface area contributed by atoms with Crippen molar-refractivity contribution in [3.05, 3.63) is 66.6 Å². The van der Waals surface area contributed by atoms with Crippen LogP contribution < -0.4 is 10.6 Å². The predicted octanol–water partition coefficient (Wildman–Crippen LogP) is 2.58. The van der Waals surface area contributed by atoms with Crippen molar-refractivity contribution in [2.24, 2.45) is 0 Å². The lowest BCUT2D eigenvalue weighted by Gasteiger charge is -2.13. The lowest BCUT2D eigenvalue weighted by molar-refractivity contribution is -0.122. The van der Waals surface area contributed by atoms with Crippen molar-refractivity contribution in [1.82, 2.24) is 25.4 Å². The number of aromatic nitrogens is 3. The second-order valence-electron chi connectivity index (χ2n) is 6.40. The quantitative estimate of drug-likeness (QED) is 0.662. The third-order valence-electron chi connectivity index (χ3n) is 4.20. The molecule has 3 rings (SSSR count). The third kappa shape index (κ3) is 4.43. The van der Waals surface area contributed by atoms with E-state index in [1.165, 1.54) is 0 Å². The first-order chi connectivity index (χ1) is 13.6. The molecule has 28 heavy (non-hydrogen) atoms. The lowest BCUT2D eigenvalue weighted by Crippen LogP contribution is -2.45. The number of benzene rings is 1. The van der Waals surface area contributed by atoms with Crippen molar-refractivity contribution < 1.29 is 9.59 Å². The van der Waals surface area contributed by atoms with Gasteiger partial charge in [-0.05, 0) is 37.6 Å². The van der Waals surface area contributed by atoms with E-state index < -0.39 is 6.04 Å². The average Bonchev–Trinajstić information content (AvgIpc) is 3.19. The molecule has 0 radical (unpaired) electrons. The summed E-state index contributed by atoms with van der Waals surface area (Å²) in [5.74, 6) is -0.575. The van der Waals surface area contributed by atoms with Crippen LogP contribution in [0.15, 0.2) is 61.1 Å². The van der Waals surface area contributed by atoms with Crippen LogP contribution in [0.3, 0.4) is 0 Å². The predicted molar refractivity (Wildman–Crippen MR) is 107 cm³/mol. The molecule has 0 saturated carbocycles. The number of nitrogens with zero attached hydrogens (tertiary/aromatic N) is 3. The summed E-state index contributed by atoms with van der Waals surface area (Å²) in [6.07, 6.45) is 5.83. The average molecular weight is 377 g/mol. The molecule has 144 valence electrons. The van der Waals surface area contributed by atoms with E-state index in [1.54, 1.807) is 36.3 Å². The van der Waals surface area contributed by atoms with Crippen molar-refractivity contribution >= 4 is 11.8 Å². The molecule has 3 aromatic rings. The number of amides is 2. The van der Waals surface area contributed by atoms with Gasteiger partial charge in [-0.25, -0.2) is 4.68 Å². The normalized spacial score (nSPS) is 11.6. The van der Waals surface area contributed by atoms with E-state index in [4.69, 9.17) is 0 Å². The molecular weight excluding hydrogens is 354 g/mol. The Morgan fingerprint density at radius 3 is 2.61 bits per heavy atom. The molecular formula is C21H23N5O2. The summed E-state index contributed by atoms with van der Waals surface area (Å²) in [4.78, 5) is 29.1. The zero-order valence-electron chi connectivity index (χ0n) is 15.9. The second kappa shape index (κ2) is 8.94. The van der Waals surface area contributed by atoms with Crippen LogP contribution in [0.1, 0.15) is 30.6 Å². The van der Waals surface area contributed by atoms with E-state index in [-0.39, 0.29) is 11.8 Å². The monoisotopic (exact) mass is 377 g/mol. The first-order valence-corrected chi connectivity index (χ1v) is 9.24. The Labute approximate surface area is 163 Å². The van der Waals surface area contributed by atoms with E-state index >= 15 is 0 Å². The number of nitrogens with one attached hydrogen (secondary N) is 2. The lowest BCUT2D eigenvalue weighted by atomic mass is 10.1. The summed E-state index contributed by atoms with van der Waals surface area (Å²) >= 11 is 0. The Hall–Kier alpha value is -3.48. The van der Waals surface area contributed by atoms with Crippen LogP contribution in [-0.2, 0) is 4.79 Å². The van der Waals surface area contributed by atoms with Gasteiger partial charge in [-0.15, -0.1) is 0 Å². The maximum atomic E-state index is 12.9. The number of carbonyl (C=O) groups excluding carboxylic acids is 2. The van der Waals surface area contributed by atoms with Gasteiger partial charge in [0.25, 0.3) is 5.91 Å². The highest BCUT2D eigenvalue weighted by Gasteiger charge is 2.22. The van der Waals surface area contributed by atoms with Crippen molar-refractivity contribution in [3.63, 3.8) is 0 Å².